The zero-order valence-electron chi connectivity index (χ0n) is 17.9. The van der Waals surface area contributed by atoms with Crippen LogP contribution in [0.15, 0.2) is 95.4 Å². The lowest BCUT2D eigenvalue weighted by molar-refractivity contribution is 0.689. The predicted octanol–water partition coefficient (Wildman–Crippen LogP) is 8.02. The summed E-state index contributed by atoms with van der Waals surface area (Å²) in [4.78, 5) is 11.1. The van der Waals surface area contributed by atoms with Crippen molar-refractivity contribution in [3.63, 3.8) is 0 Å². The third-order valence-corrected chi connectivity index (χ3v) is 7.24. The zero-order chi connectivity index (χ0) is 23.1. The zero-order valence-corrected chi connectivity index (χ0v) is 20.2. The molecule has 166 valence electrons. The smallest absolute Gasteiger partial charge is 0.223 e. The van der Waals surface area contributed by atoms with E-state index in [9.17, 15) is 0 Å². The summed E-state index contributed by atoms with van der Waals surface area (Å²) < 4.78 is 0. The molecule has 0 amide bonds. The second-order valence-electron chi connectivity index (χ2n) is 8.04. The lowest BCUT2D eigenvalue weighted by atomic mass is 10.0. The van der Waals surface area contributed by atoms with E-state index in [0.717, 1.165) is 44.7 Å². The molecule has 0 fully saturated rings. The van der Waals surface area contributed by atoms with E-state index in [2.05, 4.69) is 17.5 Å². The molecule has 5 aromatic rings. The van der Waals surface area contributed by atoms with Crippen molar-refractivity contribution in [1.29, 1.82) is 0 Å². The molecule has 0 radical (unpaired) electrons. The van der Waals surface area contributed by atoms with Gasteiger partial charge in [0.25, 0.3) is 0 Å². The number of rotatable bonds is 4. The molecular formula is C27H18Cl2N4S. The summed E-state index contributed by atoms with van der Waals surface area (Å²) in [6.45, 7) is 0. The van der Waals surface area contributed by atoms with Crippen molar-refractivity contribution in [1.82, 2.24) is 9.97 Å². The largest absolute Gasteiger partial charge is 0.247 e. The minimum atomic E-state index is -0.0656. The van der Waals surface area contributed by atoms with Gasteiger partial charge in [-0.1, -0.05) is 71.7 Å². The predicted molar refractivity (Wildman–Crippen MR) is 142 cm³/mol. The first-order valence-corrected chi connectivity index (χ1v) is 12.5. The molecule has 0 aliphatic carbocycles. The maximum absolute atomic E-state index is 6.35. The molecule has 1 aliphatic heterocycles. The molecule has 0 bridgehead atoms. The van der Waals surface area contributed by atoms with Gasteiger partial charge >= 0.3 is 0 Å². The van der Waals surface area contributed by atoms with Gasteiger partial charge in [-0.15, -0.1) is 11.3 Å². The Labute approximate surface area is 211 Å². The SMILES string of the molecule is Clc1cccc(C2CC(c3cccs3)=NN2c2nc(-c3ccccc3)c3cc(Cl)ccc3n2)c1. The summed E-state index contributed by atoms with van der Waals surface area (Å²) in [5.41, 5.74) is 4.73. The fourth-order valence-electron chi connectivity index (χ4n) is 4.27. The second kappa shape index (κ2) is 8.84. The van der Waals surface area contributed by atoms with Crippen LogP contribution >= 0.6 is 34.5 Å². The molecule has 1 unspecified atom stereocenters. The van der Waals surface area contributed by atoms with E-state index in [1.807, 2.05) is 77.8 Å². The average molecular weight is 501 g/mol. The number of fused-ring (bicyclic) bond motifs is 1. The summed E-state index contributed by atoms with van der Waals surface area (Å²) in [5, 5.41) is 11.3. The first kappa shape index (κ1) is 21.3. The van der Waals surface area contributed by atoms with Gasteiger partial charge in [-0.3, -0.25) is 0 Å². The van der Waals surface area contributed by atoms with Gasteiger partial charge in [0.05, 0.1) is 27.8 Å². The van der Waals surface area contributed by atoms with Crippen LogP contribution in [-0.2, 0) is 0 Å². The minimum absolute atomic E-state index is 0.0656. The van der Waals surface area contributed by atoms with Gasteiger partial charge in [0, 0.05) is 27.4 Å². The number of hydrazone groups is 1. The summed E-state index contributed by atoms with van der Waals surface area (Å²) >= 11 is 14.4. The van der Waals surface area contributed by atoms with Crippen molar-refractivity contribution in [3.8, 4) is 11.3 Å². The first-order valence-electron chi connectivity index (χ1n) is 10.8. The molecule has 2 aromatic heterocycles. The normalized spacial score (nSPS) is 15.6. The van der Waals surface area contributed by atoms with Gasteiger partial charge in [0.2, 0.25) is 5.95 Å². The number of aromatic nitrogens is 2. The van der Waals surface area contributed by atoms with E-state index < -0.39 is 0 Å². The van der Waals surface area contributed by atoms with E-state index in [-0.39, 0.29) is 6.04 Å². The summed E-state index contributed by atoms with van der Waals surface area (Å²) in [6.07, 6.45) is 0.740. The van der Waals surface area contributed by atoms with Gasteiger partial charge in [0.1, 0.15) is 0 Å². The Morgan fingerprint density at radius 3 is 2.47 bits per heavy atom. The molecule has 1 aliphatic rings. The molecule has 7 heteroatoms. The number of anilines is 1. The minimum Gasteiger partial charge on any atom is -0.223 e. The monoisotopic (exact) mass is 500 g/mol. The van der Waals surface area contributed by atoms with E-state index in [4.69, 9.17) is 38.3 Å². The van der Waals surface area contributed by atoms with Crippen molar-refractivity contribution >= 4 is 57.1 Å². The molecule has 6 rings (SSSR count). The fraction of sp³-hybridized carbons (Fsp3) is 0.0741. The Hall–Kier alpha value is -3.25. The van der Waals surface area contributed by atoms with Crippen molar-refractivity contribution in [2.45, 2.75) is 12.5 Å². The molecule has 1 atom stereocenters. The number of nitrogens with zero attached hydrogens (tertiary/aromatic N) is 4. The van der Waals surface area contributed by atoms with E-state index >= 15 is 0 Å². The Kier molecular flexibility index (Phi) is 5.53. The van der Waals surface area contributed by atoms with Crippen LogP contribution in [0.5, 0.6) is 0 Å². The third kappa shape index (κ3) is 3.96. The van der Waals surface area contributed by atoms with Crippen molar-refractivity contribution in [3.05, 3.63) is 111 Å². The van der Waals surface area contributed by atoms with Gasteiger partial charge < -0.3 is 0 Å². The van der Waals surface area contributed by atoms with Gasteiger partial charge in [-0.2, -0.15) is 5.10 Å². The van der Waals surface area contributed by atoms with Crippen molar-refractivity contribution in [2.24, 2.45) is 5.10 Å². The lowest BCUT2D eigenvalue weighted by Crippen LogP contribution is -2.21. The van der Waals surface area contributed by atoms with E-state index in [1.54, 1.807) is 11.3 Å². The van der Waals surface area contributed by atoms with Crippen LogP contribution in [0.2, 0.25) is 10.0 Å². The highest BCUT2D eigenvalue weighted by molar-refractivity contribution is 7.12. The van der Waals surface area contributed by atoms with Crippen molar-refractivity contribution < 1.29 is 0 Å². The van der Waals surface area contributed by atoms with Crippen molar-refractivity contribution in [2.75, 3.05) is 5.01 Å². The average Bonchev–Trinajstić information content (AvgIpc) is 3.54. The highest BCUT2D eigenvalue weighted by atomic mass is 35.5. The van der Waals surface area contributed by atoms with Crippen LogP contribution in [0.4, 0.5) is 5.95 Å². The molecule has 0 N–H and O–H groups in total. The Bertz CT molecular complexity index is 1520. The van der Waals surface area contributed by atoms with Gasteiger partial charge in [0.15, 0.2) is 0 Å². The molecule has 3 aromatic carbocycles. The van der Waals surface area contributed by atoms with Crippen LogP contribution in [0, 0.1) is 0 Å². The number of halogens is 2. The third-order valence-electron chi connectivity index (χ3n) is 5.85. The van der Waals surface area contributed by atoms with Crippen LogP contribution in [0.3, 0.4) is 0 Å². The molecule has 34 heavy (non-hydrogen) atoms. The fourth-order valence-corrected chi connectivity index (χ4v) is 5.36. The Morgan fingerprint density at radius 1 is 0.824 bits per heavy atom. The first-order chi connectivity index (χ1) is 16.7. The number of hydrogen-bond donors (Lipinski definition) is 0. The summed E-state index contributed by atoms with van der Waals surface area (Å²) in [7, 11) is 0. The Balaban J connectivity index is 1.55. The number of thiophene rings is 1. The van der Waals surface area contributed by atoms with Gasteiger partial charge in [-0.25, -0.2) is 15.0 Å². The number of hydrogen-bond acceptors (Lipinski definition) is 5. The summed E-state index contributed by atoms with van der Waals surface area (Å²) in [6, 6.07) is 27.8. The maximum Gasteiger partial charge on any atom is 0.247 e. The second-order valence-corrected chi connectivity index (χ2v) is 9.86. The van der Waals surface area contributed by atoms with E-state index in [0.29, 0.717) is 16.0 Å². The van der Waals surface area contributed by atoms with Crippen LogP contribution in [0.25, 0.3) is 22.2 Å². The molecule has 0 saturated heterocycles. The lowest BCUT2D eigenvalue weighted by Gasteiger charge is -2.23. The van der Waals surface area contributed by atoms with Gasteiger partial charge in [-0.05, 0) is 47.3 Å². The molecule has 3 heterocycles. The maximum atomic E-state index is 6.35. The van der Waals surface area contributed by atoms with E-state index in [1.165, 1.54) is 0 Å². The molecule has 4 nitrogen and oxygen atoms in total. The highest BCUT2D eigenvalue weighted by Crippen LogP contribution is 2.39. The van der Waals surface area contributed by atoms with Crippen LogP contribution in [-0.4, -0.2) is 15.7 Å². The molecule has 0 saturated carbocycles. The summed E-state index contributed by atoms with van der Waals surface area (Å²) in [5.74, 6) is 0.546. The van der Waals surface area contributed by atoms with Crippen LogP contribution in [0.1, 0.15) is 22.9 Å². The van der Waals surface area contributed by atoms with Crippen LogP contribution < -0.4 is 5.01 Å². The quantitative estimate of drug-likeness (QED) is 0.250. The number of benzene rings is 3. The Morgan fingerprint density at radius 2 is 1.68 bits per heavy atom. The molecule has 0 spiro atoms. The molecular weight excluding hydrogens is 483 g/mol. The standard InChI is InChI=1S/C27H18Cl2N4S/c28-19-9-4-8-18(14-19)24-16-23(25-10-5-13-34-25)32-33(24)27-30-22-12-11-20(29)15-21(22)26(31-27)17-6-2-1-3-7-17/h1-15,24H,16H2. The topological polar surface area (TPSA) is 41.4 Å². The highest BCUT2D eigenvalue weighted by Gasteiger charge is 2.32.